The van der Waals surface area contributed by atoms with E-state index in [-0.39, 0.29) is 11.6 Å². The van der Waals surface area contributed by atoms with Crippen LogP contribution in [-0.2, 0) is 0 Å². The molecule has 2 heterocycles. The van der Waals surface area contributed by atoms with E-state index in [1.54, 1.807) is 0 Å². The van der Waals surface area contributed by atoms with Crippen LogP contribution < -0.4 is 5.32 Å². The lowest BCUT2D eigenvalue weighted by molar-refractivity contribution is 0.0726. The van der Waals surface area contributed by atoms with Crippen molar-refractivity contribution in [1.82, 2.24) is 9.88 Å². The Hall–Kier alpha value is -3.02. The highest BCUT2D eigenvalue weighted by molar-refractivity contribution is 6.10. The normalized spacial score (nSPS) is 14.3. The summed E-state index contributed by atoms with van der Waals surface area (Å²) in [4.78, 5) is 19.3. The average Bonchev–Trinajstić information content (AvgIpc) is 2.71. The number of halogens is 2. The number of amides is 1. The molecular formula is C22H21F2N3O. The summed E-state index contributed by atoms with van der Waals surface area (Å²) >= 11 is 0. The van der Waals surface area contributed by atoms with Gasteiger partial charge in [0.2, 0.25) is 0 Å². The number of aromatic nitrogens is 1. The minimum Gasteiger partial charge on any atom is -0.339 e. The fourth-order valence-corrected chi connectivity index (χ4v) is 3.74. The first-order valence-corrected chi connectivity index (χ1v) is 9.44. The van der Waals surface area contributed by atoms with Crippen molar-refractivity contribution in [2.75, 3.05) is 18.4 Å². The van der Waals surface area contributed by atoms with Gasteiger partial charge in [0.25, 0.3) is 5.91 Å². The number of piperidine rings is 1. The number of fused-ring (bicyclic) bond motifs is 1. The van der Waals surface area contributed by atoms with Crippen molar-refractivity contribution in [2.45, 2.75) is 26.2 Å². The Bertz CT molecular complexity index is 1050. The summed E-state index contributed by atoms with van der Waals surface area (Å²) in [5, 5.41) is 4.36. The maximum Gasteiger partial charge on any atom is 0.256 e. The number of anilines is 2. The summed E-state index contributed by atoms with van der Waals surface area (Å²) in [5.41, 5.74) is 1.48. The predicted molar refractivity (Wildman–Crippen MR) is 106 cm³/mol. The van der Waals surface area contributed by atoms with Gasteiger partial charge in [-0.15, -0.1) is 0 Å². The number of aryl methyl sites for hydroxylation is 1. The van der Waals surface area contributed by atoms with E-state index in [0.717, 1.165) is 61.5 Å². The Morgan fingerprint density at radius 3 is 2.68 bits per heavy atom. The Morgan fingerprint density at radius 2 is 1.89 bits per heavy atom. The molecule has 1 saturated heterocycles. The van der Waals surface area contributed by atoms with Crippen molar-refractivity contribution in [3.63, 3.8) is 0 Å². The number of nitrogens with zero attached hydrogens (tertiary/aromatic N) is 2. The van der Waals surface area contributed by atoms with Crippen LogP contribution >= 0.6 is 0 Å². The first-order chi connectivity index (χ1) is 13.5. The van der Waals surface area contributed by atoms with E-state index in [9.17, 15) is 13.6 Å². The first kappa shape index (κ1) is 18.3. The summed E-state index contributed by atoms with van der Waals surface area (Å²) in [6, 6.07) is 8.85. The number of carbonyl (C=O) groups excluding carboxylic acids is 1. The molecule has 0 atom stereocenters. The van der Waals surface area contributed by atoms with Crippen LogP contribution in [0.5, 0.6) is 0 Å². The van der Waals surface area contributed by atoms with E-state index >= 15 is 0 Å². The van der Waals surface area contributed by atoms with E-state index in [1.807, 2.05) is 30.0 Å². The molecule has 4 rings (SSSR count). The molecule has 4 nitrogen and oxygen atoms in total. The van der Waals surface area contributed by atoms with Gasteiger partial charge in [0.05, 0.1) is 11.3 Å². The SMILES string of the molecule is Cc1cccc2c(Nc3cc(F)ccc3F)ncc(C(=O)N3CCCCC3)c12. The molecule has 1 N–H and O–H groups in total. The molecule has 144 valence electrons. The maximum atomic E-state index is 14.1. The van der Waals surface area contributed by atoms with Gasteiger partial charge in [-0.2, -0.15) is 0 Å². The predicted octanol–water partition coefficient (Wildman–Crippen LogP) is 5.19. The smallest absolute Gasteiger partial charge is 0.256 e. The van der Waals surface area contributed by atoms with Gasteiger partial charge in [0, 0.05) is 36.1 Å². The fourth-order valence-electron chi connectivity index (χ4n) is 3.74. The maximum absolute atomic E-state index is 14.1. The molecule has 1 aliphatic rings. The molecule has 0 spiro atoms. The highest BCUT2D eigenvalue weighted by atomic mass is 19.1. The lowest BCUT2D eigenvalue weighted by Gasteiger charge is -2.27. The van der Waals surface area contributed by atoms with E-state index in [1.165, 1.54) is 6.20 Å². The molecule has 3 aromatic rings. The summed E-state index contributed by atoms with van der Waals surface area (Å²) in [6.45, 7) is 3.43. The highest BCUT2D eigenvalue weighted by Gasteiger charge is 2.22. The Kier molecular flexibility index (Phi) is 4.94. The largest absolute Gasteiger partial charge is 0.339 e. The van der Waals surface area contributed by atoms with Crippen LogP contribution in [0.1, 0.15) is 35.2 Å². The summed E-state index contributed by atoms with van der Waals surface area (Å²) < 4.78 is 27.6. The van der Waals surface area contributed by atoms with Crippen molar-refractivity contribution in [3.8, 4) is 0 Å². The third kappa shape index (κ3) is 3.42. The molecule has 0 unspecified atom stereocenters. The molecule has 1 aliphatic heterocycles. The molecule has 0 radical (unpaired) electrons. The quantitative estimate of drug-likeness (QED) is 0.679. The van der Waals surface area contributed by atoms with Crippen LogP contribution in [0.4, 0.5) is 20.3 Å². The van der Waals surface area contributed by atoms with Gasteiger partial charge < -0.3 is 10.2 Å². The summed E-state index contributed by atoms with van der Waals surface area (Å²) in [7, 11) is 0. The van der Waals surface area contributed by atoms with E-state index < -0.39 is 11.6 Å². The summed E-state index contributed by atoms with van der Waals surface area (Å²) in [6.07, 6.45) is 4.69. The fraction of sp³-hybridized carbons (Fsp3) is 0.273. The van der Waals surface area contributed by atoms with Crippen molar-refractivity contribution in [2.24, 2.45) is 0 Å². The van der Waals surface area contributed by atoms with Crippen LogP contribution in [0.2, 0.25) is 0 Å². The number of nitrogens with one attached hydrogen (secondary N) is 1. The number of hydrogen-bond acceptors (Lipinski definition) is 3. The van der Waals surface area contributed by atoms with Gasteiger partial charge in [0.1, 0.15) is 17.5 Å². The van der Waals surface area contributed by atoms with Crippen LogP contribution in [0, 0.1) is 18.6 Å². The second kappa shape index (κ2) is 7.54. The van der Waals surface area contributed by atoms with Crippen LogP contribution in [-0.4, -0.2) is 28.9 Å². The Labute approximate surface area is 162 Å². The highest BCUT2D eigenvalue weighted by Crippen LogP contribution is 2.31. The standard InChI is InChI=1S/C22H21F2N3O/c1-14-6-5-7-16-20(14)17(22(28)27-10-3-2-4-11-27)13-25-21(16)26-19-12-15(23)8-9-18(19)24/h5-9,12-13H,2-4,10-11H2,1H3,(H,25,26). The third-order valence-electron chi connectivity index (χ3n) is 5.18. The van der Waals surface area contributed by atoms with E-state index in [0.29, 0.717) is 16.8 Å². The second-order valence-corrected chi connectivity index (χ2v) is 7.12. The molecule has 1 amide bonds. The molecule has 28 heavy (non-hydrogen) atoms. The topological polar surface area (TPSA) is 45.2 Å². The Morgan fingerprint density at radius 1 is 1.11 bits per heavy atom. The molecule has 0 bridgehead atoms. The van der Waals surface area contributed by atoms with Crippen molar-refractivity contribution in [3.05, 3.63) is 65.4 Å². The zero-order chi connectivity index (χ0) is 19.7. The zero-order valence-corrected chi connectivity index (χ0v) is 15.6. The zero-order valence-electron chi connectivity index (χ0n) is 15.6. The van der Waals surface area contributed by atoms with Crippen molar-refractivity contribution in [1.29, 1.82) is 0 Å². The van der Waals surface area contributed by atoms with Crippen LogP contribution in [0.25, 0.3) is 10.8 Å². The van der Waals surface area contributed by atoms with Gasteiger partial charge in [-0.3, -0.25) is 4.79 Å². The van der Waals surface area contributed by atoms with Gasteiger partial charge in [-0.1, -0.05) is 18.2 Å². The molecular weight excluding hydrogens is 360 g/mol. The number of likely N-dealkylation sites (tertiary alicyclic amines) is 1. The third-order valence-corrected chi connectivity index (χ3v) is 5.18. The molecule has 1 aromatic heterocycles. The molecule has 6 heteroatoms. The van der Waals surface area contributed by atoms with E-state index in [2.05, 4.69) is 10.3 Å². The minimum absolute atomic E-state index is 0.00501. The van der Waals surface area contributed by atoms with Gasteiger partial charge in [0.15, 0.2) is 0 Å². The molecule has 0 aliphatic carbocycles. The monoisotopic (exact) mass is 381 g/mol. The van der Waals surface area contributed by atoms with E-state index in [4.69, 9.17) is 0 Å². The minimum atomic E-state index is -0.572. The van der Waals surface area contributed by atoms with Gasteiger partial charge >= 0.3 is 0 Å². The average molecular weight is 381 g/mol. The molecule has 0 saturated carbocycles. The number of carbonyl (C=O) groups is 1. The number of benzene rings is 2. The molecule has 2 aromatic carbocycles. The lowest BCUT2D eigenvalue weighted by Crippen LogP contribution is -2.35. The molecule has 1 fully saturated rings. The first-order valence-electron chi connectivity index (χ1n) is 9.44. The van der Waals surface area contributed by atoms with Crippen LogP contribution in [0.3, 0.4) is 0 Å². The Balaban J connectivity index is 1.79. The lowest BCUT2D eigenvalue weighted by atomic mass is 10.00. The van der Waals surface area contributed by atoms with Crippen molar-refractivity contribution < 1.29 is 13.6 Å². The number of hydrogen-bond donors (Lipinski definition) is 1. The summed E-state index contributed by atoms with van der Waals surface area (Å²) in [5.74, 6) is -0.757. The van der Waals surface area contributed by atoms with Gasteiger partial charge in [-0.25, -0.2) is 13.8 Å². The van der Waals surface area contributed by atoms with Crippen molar-refractivity contribution >= 4 is 28.2 Å². The number of pyridine rings is 1. The van der Waals surface area contributed by atoms with Gasteiger partial charge in [-0.05, 0) is 43.9 Å². The second-order valence-electron chi connectivity index (χ2n) is 7.12. The van der Waals surface area contributed by atoms with Crippen LogP contribution in [0.15, 0.2) is 42.6 Å². The number of rotatable bonds is 3.